The van der Waals surface area contributed by atoms with Gasteiger partial charge in [-0.05, 0) is 19.1 Å². The predicted octanol–water partition coefficient (Wildman–Crippen LogP) is 2.95. The van der Waals surface area contributed by atoms with Crippen LogP contribution >= 0.6 is 11.3 Å². The molecule has 0 saturated carbocycles. The van der Waals surface area contributed by atoms with Crippen molar-refractivity contribution in [2.24, 2.45) is 0 Å². The molecule has 2 rings (SSSR count). The fourth-order valence-electron chi connectivity index (χ4n) is 1.74. The summed E-state index contributed by atoms with van der Waals surface area (Å²) in [4.78, 5) is 0.898. The zero-order valence-corrected chi connectivity index (χ0v) is 11.2. The highest BCUT2D eigenvalue weighted by Gasteiger charge is 2.10. The summed E-state index contributed by atoms with van der Waals surface area (Å²) >= 11 is 1.09. The van der Waals surface area contributed by atoms with Crippen molar-refractivity contribution in [1.29, 1.82) is 0 Å². The third kappa shape index (κ3) is 3.81. The summed E-state index contributed by atoms with van der Waals surface area (Å²) in [6.07, 6.45) is -0.826. The molecule has 1 N–H and O–H groups in total. The van der Waals surface area contributed by atoms with Gasteiger partial charge in [0.05, 0.1) is 6.20 Å². The normalized spacial score (nSPS) is 11.4. The minimum absolute atomic E-state index is 0.210. The van der Waals surface area contributed by atoms with Crippen molar-refractivity contribution in [1.82, 2.24) is 15.1 Å². The number of hydrogen-bond donors (Lipinski definition) is 1. The lowest BCUT2D eigenvalue weighted by Crippen LogP contribution is -2.13. The fraction of sp³-hybridized carbons (Fsp3) is 0.417. The van der Waals surface area contributed by atoms with Gasteiger partial charge >= 0.3 is 0 Å². The Bertz CT molecular complexity index is 536. The molecule has 0 unspecified atom stereocenters. The van der Waals surface area contributed by atoms with Crippen LogP contribution in [0.15, 0.2) is 18.3 Å². The molecule has 0 radical (unpaired) electrons. The number of halogens is 3. The smallest absolute Gasteiger partial charge is 0.257 e. The van der Waals surface area contributed by atoms with E-state index in [1.807, 2.05) is 0 Å². The van der Waals surface area contributed by atoms with E-state index in [0.717, 1.165) is 27.5 Å². The number of aromatic nitrogens is 2. The maximum absolute atomic E-state index is 12.8. The lowest BCUT2D eigenvalue weighted by molar-refractivity contribution is 0.121. The lowest BCUT2D eigenvalue weighted by atomic mass is 10.2. The van der Waals surface area contributed by atoms with Crippen molar-refractivity contribution in [3.05, 3.63) is 39.6 Å². The fourth-order valence-corrected chi connectivity index (χ4v) is 2.44. The number of alkyl halides is 2. The standard InChI is InChI=1S/C12H14F3N3S/c1-8-9(5-17-18(8)7-11(13)14)4-16-6-10-2-3-12(15)19-10/h2-3,5,11,16H,4,6-7H2,1H3. The Morgan fingerprint density at radius 1 is 1.37 bits per heavy atom. The summed E-state index contributed by atoms with van der Waals surface area (Å²) in [5, 5.41) is 6.86. The predicted molar refractivity (Wildman–Crippen MR) is 67.8 cm³/mol. The molecule has 104 valence electrons. The van der Waals surface area contributed by atoms with Crippen molar-refractivity contribution in [3.63, 3.8) is 0 Å². The maximum Gasteiger partial charge on any atom is 0.257 e. The number of nitrogens with one attached hydrogen (secondary N) is 1. The van der Waals surface area contributed by atoms with Crippen LogP contribution in [0.25, 0.3) is 0 Å². The molecule has 2 aromatic rings. The molecule has 0 aliphatic carbocycles. The van der Waals surface area contributed by atoms with E-state index in [-0.39, 0.29) is 11.7 Å². The Kier molecular flexibility index (Phi) is 4.60. The van der Waals surface area contributed by atoms with Crippen LogP contribution in [-0.2, 0) is 19.6 Å². The van der Waals surface area contributed by atoms with Gasteiger partial charge in [0, 0.05) is 29.2 Å². The van der Waals surface area contributed by atoms with Gasteiger partial charge in [-0.2, -0.15) is 9.49 Å². The Labute approximate surface area is 113 Å². The van der Waals surface area contributed by atoms with Crippen LogP contribution < -0.4 is 5.32 Å². The van der Waals surface area contributed by atoms with E-state index in [1.165, 1.54) is 10.7 Å². The molecule has 0 aromatic carbocycles. The zero-order chi connectivity index (χ0) is 13.8. The number of nitrogens with zero attached hydrogens (tertiary/aromatic N) is 2. The monoisotopic (exact) mass is 289 g/mol. The van der Waals surface area contributed by atoms with E-state index >= 15 is 0 Å². The number of rotatable bonds is 6. The molecule has 0 bridgehead atoms. The Hall–Kier alpha value is -1.34. The average Bonchev–Trinajstić information content (AvgIpc) is 2.89. The van der Waals surface area contributed by atoms with Crippen LogP contribution in [0.1, 0.15) is 16.1 Å². The molecule has 2 heterocycles. The molecular formula is C12H14F3N3S. The van der Waals surface area contributed by atoms with Gasteiger partial charge in [-0.15, -0.1) is 11.3 Å². The van der Waals surface area contributed by atoms with Gasteiger partial charge in [0.1, 0.15) is 6.54 Å². The maximum atomic E-state index is 12.8. The highest BCUT2D eigenvalue weighted by Crippen LogP contribution is 2.14. The minimum atomic E-state index is -2.41. The average molecular weight is 289 g/mol. The van der Waals surface area contributed by atoms with Crippen LogP contribution in [-0.4, -0.2) is 16.2 Å². The first-order valence-corrected chi connectivity index (χ1v) is 6.62. The van der Waals surface area contributed by atoms with Gasteiger partial charge < -0.3 is 5.32 Å². The molecule has 3 nitrogen and oxygen atoms in total. The van der Waals surface area contributed by atoms with Gasteiger partial charge in [-0.1, -0.05) is 0 Å². The molecule has 7 heteroatoms. The van der Waals surface area contributed by atoms with E-state index in [2.05, 4.69) is 10.4 Å². The third-order valence-corrected chi connectivity index (χ3v) is 3.63. The Balaban J connectivity index is 1.87. The quantitative estimate of drug-likeness (QED) is 0.886. The van der Waals surface area contributed by atoms with Crippen LogP contribution in [0, 0.1) is 12.1 Å². The first-order chi connectivity index (χ1) is 9.06. The highest BCUT2D eigenvalue weighted by atomic mass is 32.1. The minimum Gasteiger partial charge on any atom is -0.308 e. The molecule has 0 saturated heterocycles. The van der Waals surface area contributed by atoms with Gasteiger partial charge in [0.25, 0.3) is 6.43 Å². The summed E-state index contributed by atoms with van der Waals surface area (Å²) in [7, 11) is 0. The SMILES string of the molecule is Cc1c(CNCc2ccc(F)s2)cnn1CC(F)F. The highest BCUT2D eigenvalue weighted by molar-refractivity contribution is 7.10. The molecule has 0 fully saturated rings. The largest absolute Gasteiger partial charge is 0.308 e. The molecule has 2 aromatic heterocycles. The van der Waals surface area contributed by atoms with Crippen molar-refractivity contribution < 1.29 is 13.2 Å². The first-order valence-electron chi connectivity index (χ1n) is 5.80. The van der Waals surface area contributed by atoms with E-state index in [4.69, 9.17) is 0 Å². The van der Waals surface area contributed by atoms with Gasteiger partial charge in [-0.3, -0.25) is 4.68 Å². The van der Waals surface area contributed by atoms with Gasteiger partial charge in [-0.25, -0.2) is 8.78 Å². The molecule has 19 heavy (non-hydrogen) atoms. The van der Waals surface area contributed by atoms with Crippen molar-refractivity contribution in [2.75, 3.05) is 0 Å². The Morgan fingerprint density at radius 2 is 2.16 bits per heavy atom. The van der Waals surface area contributed by atoms with Gasteiger partial charge in [0.2, 0.25) is 0 Å². The molecule has 0 aliphatic heterocycles. The van der Waals surface area contributed by atoms with E-state index < -0.39 is 6.43 Å². The Morgan fingerprint density at radius 3 is 2.79 bits per heavy atom. The molecule has 0 spiro atoms. The van der Waals surface area contributed by atoms with Crippen molar-refractivity contribution in [2.45, 2.75) is 33.0 Å². The summed E-state index contributed by atoms with van der Waals surface area (Å²) < 4.78 is 38.6. The number of hydrogen-bond acceptors (Lipinski definition) is 3. The first kappa shape index (κ1) is 14.1. The van der Waals surface area contributed by atoms with Crippen LogP contribution in [0.3, 0.4) is 0 Å². The summed E-state index contributed by atoms with van der Waals surface area (Å²) in [5.74, 6) is 0. The second-order valence-corrected chi connectivity index (χ2v) is 5.26. The lowest BCUT2D eigenvalue weighted by Gasteiger charge is -2.05. The summed E-state index contributed by atoms with van der Waals surface area (Å²) in [6, 6.07) is 3.15. The second-order valence-electron chi connectivity index (χ2n) is 4.14. The zero-order valence-electron chi connectivity index (χ0n) is 10.4. The second kappa shape index (κ2) is 6.21. The van der Waals surface area contributed by atoms with Crippen molar-refractivity contribution in [3.8, 4) is 0 Å². The van der Waals surface area contributed by atoms with Gasteiger partial charge in [0.15, 0.2) is 5.13 Å². The van der Waals surface area contributed by atoms with Crippen LogP contribution in [0.4, 0.5) is 13.2 Å². The molecule has 0 atom stereocenters. The molecule has 0 aliphatic rings. The summed E-state index contributed by atoms with van der Waals surface area (Å²) in [5.41, 5.74) is 1.60. The van der Waals surface area contributed by atoms with E-state index in [1.54, 1.807) is 19.2 Å². The van der Waals surface area contributed by atoms with Crippen LogP contribution in [0.5, 0.6) is 0 Å². The number of thiophene rings is 1. The van der Waals surface area contributed by atoms with Crippen molar-refractivity contribution >= 4 is 11.3 Å². The topological polar surface area (TPSA) is 29.9 Å². The van der Waals surface area contributed by atoms with E-state index in [9.17, 15) is 13.2 Å². The summed E-state index contributed by atoms with van der Waals surface area (Å²) in [6.45, 7) is 2.45. The van der Waals surface area contributed by atoms with E-state index in [0.29, 0.717) is 13.1 Å². The molecular weight excluding hydrogens is 275 g/mol. The third-order valence-electron chi connectivity index (χ3n) is 2.76. The molecule has 0 amide bonds. The van der Waals surface area contributed by atoms with Crippen LogP contribution in [0.2, 0.25) is 0 Å².